The molecule has 7 heteroatoms. The molecule has 0 saturated heterocycles. The predicted octanol–water partition coefficient (Wildman–Crippen LogP) is 14.5. The van der Waals surface area contributed by atoms with Crippen LogP contribution >= 0.6 is 70.7 Å². The van der Waals surface area contributed by atoms with Crippen LogP contribution in [0.2, 0.25) is 0 Å². The molecule has 0 nitrogen and oxygen atoms in total. The van der Waals surface area contributed by atoms with Crippen molar-refractivity contribution in [3.8, 4) is 0 Å². The zero-order valence-electron chi connectivity index (χ0n) is 43.7. The second-order valence-corrected chi connectivity index (χ2v) is 39.8. The molecule has 0 bridgehead atoms. The number of benzene rings is 12. The Kier molecular flexibility index (Phi) is 26.1. The molecule has 0 fully saturated rings. The fraction of sp³-hybridized carbons (Fsp3) is 0. The van der Waals surface area contributed by atoms with Gasteiger partial charge in [0.15, 0.2) is 0 Å². The van der Waals surface area contributed by atoms with Crippen LogP contribution in [-0.4, -0.2) is 0 Å². The van der Waals surface area contributed by atoms with Crippen molar-refractivity contribution < 1.29 is 10.8 Å². The van der Waals surface area contributed by atoms with Gasteiger partial charge in [0.25, 0.3) is 0 Å². The van der Waals surface area contributed by atoms with Gasteiger partial charge in [-0.05, 0) is 146 Å². The van der Waals surface area contributed by atoms with E-state index in [1.807, 2.05) is 0 Å². The SMILES string of the molecule is [I][Pd][I].c1ccc([PH+](c2ccccc2)c2ccccc2)cc1.c1ccc([PH+](c2ccccc2)c2ccccc2)cc1.c1ccc([PH+](c2ccccc2)c2ccccc2)cc1.c1ccc([PH+](c2ccccc2)c2ccccc2)cc1. The van der Waals surface area contributed by atoms with Gasteiger partial charge in [0.2, 0.25) is 0 Å². The van der Waals surface area contributed by atoms with Crippen molar-refractivity contribution in [3.63, 3.8) is 0 Å². The molecule has 0 N–H and O–H groups in total. The summed E-state index contributed by atoms with van der Waals surface area (Å²) in [6.45, 7) is 0. The molecule has 12 rings (SSSR count). The van der Waals surface area contributed by atoms with Gasteiger partial charge in [0.1, 0.15) is 63.7 Å². The molecule has 12 aromatic rings. The summed E-state index contributed by atoms with van der Waals surface area (Å²) in [5, 5.41) is 17.2. The maximum atomic E-state index is 2.33. The van der Waals surface area contributed by atoms with E-state index in [0.29, 0.717) is 0 Å². The van der Waals surface area contributed by atoms with E-state index in [2.05, 4.69) is 403 Å². The largest absolute Gasteiger partial charge is 0.102 e. The van der Waals surface area contributed by atoms with Crippen molar-refractivity contribution in [2.45, 2.75) is 0 Å². The Morgan fingerprint density at radius 2 is 0.203 bits per heavy atom. The van der Waals surface area contributed by atoms with Gasteiger partial charge in [-0.1, -0.05) is 218 Å². The van der Waals surface area contributed by atoms with E-state index in [0.717, 1.165) is 10.8 Å². The van der Waals surface area contributed by atoms with Crippen molar-refractivity contribution in [1.82, 2.24) is 0 Å². The summed E-state index contributed by atoms with van der Waals surface area (Å²) in [6.07, 6.45) is 0. The zero-order valence-corrected chi connectivity index (χ0v) is 53.6. The topological polar surface area (TPSA) is 0 Å². The van der Waals surface area contributed by atoms with Crippen molar-refractivity contribution in [1.29, 1.82) is 0 Å². The first-order chi connectivity index (χ1) is 39.2. The van der Waals surface area contributed by atoms with E-state index in [9.17, 15) is 0 Å². The van der Waals surface area contributed by atoms with Crippen LogP contribution in [0.4, 0.5) is 0 Å². The van der Waals surface area contributed by atoms with E-state index < -0.39 is 31.7 Å². The van der Waals surface area contributed by atoms with Crippen LogP contribution in [0.3, 0.4) is 0 Å². The summed E-state index contributed by atoms with van der Waals surface area (Å²) in [6, 6.07) is 130. The first-order valence-electron chi connectivity index (χ1n) is 26.2. The van der Waals surface area contributed by atoms with Crippen LogP contribution in [0.25, 0.3) is 0 Å². The van der Waals surface area contributed by atoms with Crippen LogP contribution in [0, 0.1) is 0 Å². The van der Waals surface area contributed by atoms with Crippen LogP contribution in [0.15, 0.2) is 364 Å². The third kappa shape index (κ3) is 18.8. The molecule has 0 atom stereocenters. The Morgan fingerprint density at radius 1 is 0.139 bits per heavy atom. The summed E-state index contributed by atoms with van der Waals surface area (Å²) in [5.74, 6) is 0. The van der Waals surface area contributed by atoms with Crippen molar-refractivity contribution >= 4 is 134 Å². The van der Waals surface area contributed by atoms with Crippen LogP contribution in [0.5, 0.6) is 0 Å². The van der Waals surface area contributed by atoms with E-state index in [-0.39, 0.29) is 0 Å². The molecule has 0 heterocycles. The summed E-state index contributed by atoms with van der Waals surface area (Å²) < 4.78 is 0. The molecular formula is C72H64I2P4Pd+4. The first kappa shape index (κ1) is 59.6. The van der Waals surface area contributed by atoms with Gasteiger partial charge in [-0.2, -0.15) is 0 Å². The number of hydrogen-bond donors (Lipinski definition) is 0. The third-order valence-corrected chi connectivity index (χ3v) is 23.7. The molecule has 0 aliphatic rings. The molecule has 12 aromatic carbocycles. The second kappa shape index (κ2) is 34.6. The molecule has 0 radical (unpaired) electrons. The molecule has 0 aliphatic carbocycles. The Morgan fingerprint density at radius 3 is 0.266 bits per heavy atom. The van der Waals surface area contributed by atoms with Gasteiger partial charge >= 0.3 is 49.8 Å². The number of hydrogen-bond acceptors (Lipinski definition) is 0. The molecule has 0 spiro atoms. The molecule has 0 saturated carbocycles. The van der Waals surface area contributed by atoms with Gasteiger partial charge in [-0.3, -0.25) is 0 Å². The van der Waals surface area contributed by atoms with Gasteiger partial charge in [-0.15, -0.1) is 0 Å². The number of halogens is 2. The van der Waals surface area contributed by atoms with Gasteiger partial charge in [-0.25, -0.2) is 0 Å². The van der Waals surface area contributed by atoms with Crippen molar-refractivity contribution in [3.05, 3.63) is 364 Å². The Balaban J connectivity index is 0.000000136. The molecule has 0 aliphatic heterocycles. The number of rotatable bonds is 12. The average Bonchev–Trinajstić information content (AvgIpc) is 3.55. The van der Waals surface area contributed by atoms with E-state index in [1.165, 1.54) is 63.7 Å². The minimum absolute atomic E-state index is 0.877. The zero-order chi connectivity index (χ0) is 54.4. The Bertz CT molecular complexity index is 2610. The van der Waals surface area contributed by atoms with Gasteiger partial charge in [0, 0.05) is 0 Å². The molecule has 0 aromatic heterocycles. The minimum atomic E-state index is -0.877. The fourth-order valence-electron chi connectivity index (χ4n) is 9.26. The summed E-state index contributed by atoms with van der Waals surface area (Å²) in [4.78, 5) is 0. The summed E-state index contributed by atoms with van der Waals surface area (Å²) in [5.41, 5.74) is 0. The monoisotopic (exact) mass is 1410 g/mol. The van der Waals surface area contributed by atoms with Crippen LogP contribution in [0.1, 0.15) is 0 Å². The van der Waals surface area contributed by atoms with E-state index in [4.69, 9.17) is 0 Å². The third-order valence-electron chi connectivity index (χ3n) is 12.7. The van der Waals surface area contributed by atoms with Crippen molar-refractivity contribution in [2.24, 2.45) is 0 Å². The van der Waals surface area contributed by atoms with Gasteiger partial charge < -0.3 is 0 Å². The molecule has 392 valence electrons. The molecule has 79 heavy (non-hydrogen) atoms. The maximum Gasteiger partial charge on any atom is 0.102 e. The predicted molar refractivity (Wildman–Crippen MR) is 374 cm³/mol. The summed E-state index contributed by atoms with van der Waals surface area (Å²) >= 11 is 4.65. The maximum absolute atomic E-state index is 2.33. The molecule has 0 unspecified atom stereocenters. The van der Waals surface area contributed by atoms with E-state index >= 15 is 0 Å². The minimum Gasteiger partial charge on any atom is -0.0620 e. The average molecular weight is 1410 g/mol. The van der Waals surface area contributed by atoms with Crippen LogP contribution in [-0.2, 0) is 10.8 Å². The normalized spacial score (nSPS) is 10.5. The Labute approximate surface area is 504 Å². The fourth-order valence-corrected chi connectivity index (χ4v) is 19.6. The second-order valence-electron chi connectivity index (χ2n) is 17.9. The summed E-state index contributed by atoms with van der Waals surface area (Å²) in [7, 11) is -2.62. The first-order valence-corrected chi connectivity index (χ1v) is 41.4. The van der Waals surface area contributed by atoms with Crippen molar-refractivity contribution in [2.75, 3.05) is 0 Å². The molecule has 0 amide bonds. The quantitative estimate of drug-likeness (QED) is 0.0650. The van der Waals surface area contributed by atoms with Crippen LogP contribution < -0.4 is 63.7 Å². The van der Waals surface area contributed by atoms with Gasteiger partial charge in [0.05, 0.1) is 31.7 Å². The molecular weight excluding hydrogens is 1350 g/mol. The Hall–Kier alpha value is -5.52. The van der Waals surface area contributed by atoms with E-state index in [1.54, 1.807) is 0 Å². The standard InChI is InChI=1S/4C18H15P.2HI.Pd/c4*1-4-10-16(11-5-1)19(17-12-6-2-7-13-17)18-14-8-3-9-15-18;;;/h4*1-15H;2*1H;/q;;;;;;+2/p+2. The smallest absolute Gasteiger partial charge is 0.0620 e.